The molecular formula is C15H20N2O3. The van der Waals surface area contributed by atoms with E-state index in [-0.39, 0.29) is 11.4 Å². The van der Waals surface area contributed by atoms with Crippen molar-refractivity contribution in [3.8, 4) is 5.75 Å². The van der Waals surface area contributed by atoms with Gasteiger partial charge in [0, 0.05) is 13.1 Å². The molecule has 1 heterocycles. The van der Waals surface area contributed by atoms with Gasteiger partial charge in [-0.3, -0.25) is 9.59 Å². The van der Waals surface area contributed by atoms with Crippen LogP contribution in [0.25, 0.3) is 0 Å². The molecule has 2 amide bonds. The van der Waals surface area contributed by atoms with Gasteiger partial charge in [0.25, 0.3) is 0 Å². The van der Waals surface area contributed by atoms with Crippen LogP contribution in [0.15, 0.2) is 24.3 Å². The number of amides is 2. The number of para-hydroxylation sites is 2. The summed E-state index contributed by atoms with van der Waals surface area (Å²) in [4.78, 5) is 25.7. The van der Waals surface area contributed by atoms with Crippen LogP contribution in [0.3, 0.4) is 0 Å². The Balaban J connectivity index is 2.02. The second kappa shape index (κ2) is 5.94. The van der Waals surface area contributed by atoms with Gasteiger partial charge in [-0.1, -0.05) is 26.0 Å². The Morgan fingerprint density at radius 3 is 2.40 bits per heavy atom. The number of carbonyl (C=O) groups is 2. The van der Waals surface area contributed by atoms with Crippen LogP contribution in [0, 0.1) is 11.8 Å². The van der Waals surface area contributed by atoms with Gasteiger partial charge in [-0.15, -0.1) is 0 Å². The molecule has 0 radical (unpaired) electrons. The maximum absolute atomic E-state index is 12.1. The molecule has 2 unspecified atom stereocenters. The highest BCUT2D eigenvalue weighted by atomic mass is 16.3. The fourth-order valence-corrected chi connectivity index (χ4v) is 2.73. The number of carbonyl (C=O) groups excluding carboxylic acids is 2. The van der Waals surface area contributed by atoms with Crippen molar-refractivity contribution in [2.24, 2.45) is 11.8 Å². The molecule has 1 aliphatic heterocycles. The van der Waals surface area contributed by atoms with Crippen LogP contribution in [0.1, 0.15) is 20.3 Å². The molecule has 108 valence electrons. The molecule has 2 rings (SSSR count). The van der Waals surface area contributed by atoms with E-state index in [0.717, 1.165) is 6.42 Å². The molecule has 0 bridgehead atoms. The van der Waals surface area contributed by atoms with Crippen molar-refractivity contribution in [3.05, 3.63) is 24.3 Å². The summed E-state index contributed by atoms with van der Waals surface area (Å²) in [6, 6.07) is 6.36. The Morgan fingerprint density at radius 2 is 1.80 bits per heavy atom. The van der Waals surface area contributed by atoms with Crippen molar-refractivity contribution in [1.29, 1.82) is 0 Å². The molecule has 1 saturated heterocycles. The average molecular weight is 276 g/mol. The number of hydrogen-bond donors (Lipinski definition) is 2. The van der Waals surface area contributed by atoms with Gasteiger partial charge >= 0.3 is 11.8 Å². The molecule has 2 N–H and O–H groups in total. The Kier molecular flexibility index (Phi) is 4.27. The molecule has 1 fully saturated rings. The van der Waals surface area contributed by atoms with E-state index in [9.17, 15) is 14.7 Å². The first kappa shape index (κ1) is 14.4. The summed E-state index contributed by atoms with van der Waals surface area (Å²) in [6.07, 6.45) is 1.07. The molecular weight excluding hydrogens is 256 g/mol. The van der Waals surface area contributed by atoms with Crippen LogP contribution in [0.5, 0.6) is 5.75 Å². The number of likely N-dealkylation sites (tertiary alicyclic amines) is 1. The van der Waals surface area contributed by atoms with Gasteiger partial charge in [0.15, 0.2) is 0 Å². The lowest BCUT2D eigenvalue weighted by Crippen LogP contribution is -2.47. The monoisotopic (exact) mass is 276 g/mol. The molecule has 2 atom stereocenters. The zero-order valence-electron chi connectivity index (χ0n) is 11.8. The van der Waals surface area contributed by atoms with Gasteiger partial charge < -0.3 is 15.3 Å². The highest BCUT2D eigenvalue weighted by Crippen LogP contribution is 2.23. The highest BCUT2D eigenvalue weighted by molar-refractivity contribution is 6.39. The number of nitrogens with zero attached hydrogens (tertiary/aromatic N) is 1. The SMILES string of the molecule is CC1CC(C)CN(C(=O)C(=O)Nc2ccccc2O)C1. The van der Waals surface area contributed by atoms with Crippen LogP contribution < -0.4 is 5.32 Å². The molecule has 0 spiro atoms. The first-order valence-electron chi connectivity index (χ1n) is 6.85. The van der Waals surface area contributed by atoms with Gasteiger partial charge in [-0.25, -0.2) is 0 Å². The zero-order chi connectivity index (χ0) is 14.7. The maximum atomic E-state index is 12.1. The maximum Gasteiger partial charge on any atom is 0.314 e. The van der Waals surface area contributed by atoms with Crippen LogP contribution in [-0.4, -0.2) is 34.9 Å². The van der Waals surface area contributed by atoms with E-state index in [1.165, 1.54) is 6.07 Å². The summed E-state index contributed by atoms with van der Waals surface area (Å²) in [7, 11) is 0. The van der Waals surface area contributed by atoms with Gasteiger partial charge in [-0.05, 0) is 30.4 Å². The Morgan fingerprint density at radius 1 is 1.20 bits per heavy atom. The number of aromatic hydroxyl groups is 1. The molecule has 5 heteroatoms. The highest BCUT2D eigenvalue weighted by Gasteiger charge is 2.29. The molecule has 1 aromatic rings. The minimum Gasteiger partial charge on any atom is -0.506 e. The number of piperidine rings is 1. The van der Waals surface area contributed by atoms with Crippen molar-refractivity contribution in [2.45, 2.75) is 20.3 Å². The van der Waals surface area contributed by atoms with Crippen molar-refractivity contribution >= 4 is 17.5 Å². The van der Waals surface area contributed by atoms with E-state index in [1.54, 1.807) is 23.1 Å². The number of anilines is 1. The van der Waals surface area contributed by atoms with E-state index in [0.29, 0.717) is 24.9 Å². The predicted molar refractivity (Wildman–Crippen MR) is 76.3 cm³/mol. The van der Waals surface area contributed by atoms with E-state index in [2.05, 4.69) is 19.2 Å². The Hall–Kier alpha value is -2.04. The summed E-state index contributed by atoms with van der Waals surface area (Å²) in [5.74, 6) is -0.477. The molecule has 0 aromatic heterocycles. The lowest BCUT2D eigenvalue weighted by Gasteiger charge is -2.34. The molecule has 20 heavy (non-hydrogen) atoms. The standard InChI is InChI=1S/C15H20N2O3/c1-10-7-11(2)9-17(8-10)15(20)14(19)16-12-5-3-4-6-13(12)18/h3-6,10-11,18H,7-9H2,1-2H3,(H,16,19). The van der Waals surface area contributed by atoms with E-state index >= 15 is 0 Å². The topological polar surface area (TPSA) is 69.6 Å². The second-order valence-electron chi connectivity index (χ2n) is 5.63. The van der Waals surface area contributed by atoms with Gasteiger partial charge in [0.05, 0.1) is 5.69 Å². The van der Waals surface area contributed by atoms with E-state index < -0.39 is 11.8 Å². The summed E-state index contributed by atoms with van der Waals surface area (Å²) in [5, 5.41) is 12.1. The quantitative estimate of drug-likeness (QED) is 0.607. The Labute approximate surface area is 118 Å². The molecule has 1 aliphatic rings. The van der Waals surface area contributed by atoms with Gasteiger partial charge in [0.1, 0.15) is 5.75 Å². The number of hydrogen-bond acceptors (Lipinski definition) is 3. The number of nitrogens with one attached hydrogen (secondary N) is 1. The second-order valence-corrected chi connectivity index (χ2v) is 5.63. The first-order valence-corrected chi connectivity index (χ1v) is 6.85. The average Bonchev–Trinajstić information content (AvgIpc) is 2.39. The zero-order valence-corrected chi connectivity index (χ0v) is 11.8. The van der Waals surface area contributed by atoms with Gasteiger partial charge in [0.2, 0.25) is 0 Å². The third-order valence-corrected chi connectivity index (χ3v) is 3.50. The molecule has 0 saturated carbocycles. The third-order valence-electron chi connectivity index (χ3n) is 3.50. The molecule has 1 aromatic carbocycles. The number of phenols is 1. The summed E-state index contributed by atoms with van der Waals surface area (Å²) in [6.45, 7) is 5.38. The normalized spacial score (nSPS) is 22.4. The van der Waals surface area contributed by atoms with Crippen LogP contribution in [0.2, 0.25) is 0 Å². The minimum absolute atomic E-state index is 0.0472. The van der Waals surface area contributed by atoms with Crippen molar-refractivity contribution in [2.75, 3.05) is 18.4 Å². The van der Waals surface area contributed by atoms with E-state index in [1.807, 2.05) is 0 Å². The molecule has 0 aliphatic carbocycles. The lowest BCUT2D eigenvalue weighted by molar-refractivity contribution is -0.144. The molecule has 5 nitrogen and oxygen atoms in total. The smallest absolute Gasteiger partial charge is 0.314 e. The van der Waals surface area contributed by atoms with Crippen LogP contribution in [-0.2, 0) is 9.59 Å². The van der Waals surface area contributed by atoms with Crippen molar-refractivity contribution < 1.29 is 14.7 Å². The fourth-order valence-electron chi connectivity index (χ4n) is 2.73. The summed E-state index contributed by atoms with van der Waals surface area (Å²) >= 11 is 0. The number of benzene rings is 1. The first-order chi connectivity index (χ1) is 9.47. The van der Waals surface area contributed by atoms with E-state index in [4.69, 9.17) is 0 Å². The van der Waals surface area contributed by atoms with Crippen molar-refractivity contribution in [3.63, 3.8) is 0 Å². The third kappa shape index (κ3) is 3.29. The van der Waals surface area contributed by atoms with Crippen LogP contribution >= 0.6 is 0 Å². The summed E-state index contributed by atoms with van der Waals surface area (Å²) in [5.41, 5.74) is 0.254. The fraction of sp³-hybridized carbons (Fsp3) is 0.467. The lowest BCUT2D eigenvalue weighted by atomic mass is 9.92. The number of phenolic OH excluding ortho intramolecular Hbond substituents is 1. The van der Waals surface area contributed by atoms with Crippen molar-refractivity contribution in [1.82, 2.24) is 4.90 Å². The summed E-state index contributed by atoms with van der Waals surface area (Å²) < 4.78 is 0. The minimum atomic E-state index is -0.701. The Bertz CT molecular complexity index is 506. The van der Waals surface area contributed by atoms with Gasteiger partial charge in [-0.2, -0.15) is 0 Å². The largest absolute Gasteiger partial charge is 0.506 e. The van der Waals surface area contributed by atoms with Crippen LogP contribution in [0.4, 0.5) is 5.69 Å². The number of rotatable bonds is 1. The predicted octanol–water partition coefficient (Wildman–Crippen LogP) is 1.84.